The van der Waals surface area contributed by atoms with Crippen molar-refractivity contribution in [3.63, 3.8) is 0 Å². The summed E-state index contributed by atoms with van der Waals surface area (Å²) >= 11 is 0. The van der Waals surface area contributed by atoms with Crippen LogP contribution in [0.3, 0.4) is 0 Å². The molecule has 0 aromatic carbocycles. The topological polar surface area (TPSA) is 79.0 Å². The largest absolute Gasteiger partial charge is 0.466 e. The van der Waals surface area contributed by atoms with E-state index in [1.807, 2.05) is 0 Å². The molecule has 1 aromatic heterocycles. The minimum Gasteiger partial charge on any atom is -0.466 e. The Bertz CT molecular complexity index is 389. The smallest absolute Gasteiger partial charge is 0.367 e. The lowest BCUT2D eigenvalue weighted by Gasteiger charge is -1.88. The van der Waals surface area contributed by atoms with Crippen molar-refractivity contribution >= 4 is 12.2 Å². The summed E-state index contributed by atoms with van der Waals surface area (Å²) in [6, 6.07) is 0. The zero-order valence-electron chi connectivity index (χ0n) is 7.17. The summed E-state index contributed by atoms with van der Waals surface area (Å²) in [6.45, 7) is 0. The Hall–Kier alpha value is -1.92. The Labute approximate surface area is 73.2 Å². The highest BCUT2D eigenvalue weighted by molar-refractivity contribution is 5.84. The third kappa shape index (κ3) is 2.01. The van der Waals surface area contributed by atoms with E-state index in [1.54, 1.807) is 0 Å². The quantitative estimate of drug-likeness (QED) is 0.418. The van der Waals surface area contributed by atoms with Gasteiger partial charge < -0.3 is 4.74 Å². The first-order chi connectivity index (χ1) is 6.15. The fourth-order valence-corrected chi connectivity index (χ4v) is 0.621. The van der Waals surface area contributed by atoms with E-state index in [2.05, 4.69) is 15.2 Å². The molecule has 0 N–H and O–H groups in total. The van der Waals surface area contributed by atoms with E-state index in [4.69, 9.17) is 0 Å². The van der Waals surface area contributed by atoms with Crippen molar-refractivity contribution in [2.24, 2.45) is 7.05 Å². The number of hydrogen-bond donors (Lipinski definition) is 0. The molecule has 0 fully saturated rings. The molecular formula is C6H8N4O3. The Balaban J connectivity index is 2.86. The first-order valence-electron chi connectivity index (χ1n) is 3.40. The number of aromatic nitrogens is 4. The lowest BCUT2D eigenvalue weighted by molar-refractivity contribution is -0.134. The predicted molar refractivity (Wildman–Crippen MR) is 42.6 cm³/mol. The maximum absolute atomic E-state index is 11.1. The number of ether oxygens (including phenoxy) is 1. The van der Waals surface area contributed by atoms with Crippen LogP contribution in [0.2, 0.25) is 0 Å². The number of rotatable bonds is 2. The van der Waals surface area contributed by atoms with Crippen LogP contribution in [0.15, 0.2) is 10.9 Å². The third-order valence-electron chi connectivity index (χ3n) is 1.30. The number of aryl methyl sites for hydroxylation is 1. The third-order valence-corrected chi connectivity index (χ3v) is 1.30. The molecule has 13 heavy (non-hydrogen) atoms. The van der Waals surface area contributed by atoms with E-state index in [0.717, 1.165) is 15.4 Å². The van der Waals surface area contributed by atoms with Gasteiger partial charge in [-0.05, 0) is 10.4 Å². The normalized spacial score (nSPS) is 10.6. The summed E-state index contributed by atoms with van der Waals surface area (Å²) in [6.07, 6.45) is 2.26. The summed E-state index contributed by atoms with van der Waals surface area (Å²) in [5, 5.41) is 6.88. The van der Waals surface area contributed by atoms with Gasteiger partial charge in [-0.25, -0.2) is 9.59 Å². The molecule has 0 radical (unpaired) electrons. The Morgan fingerprint density at radius 3 is 2.69 bits per heavy atom. The number of esters is 1. The number of methoxy groups -OCH3 is 1. The molecule has 0 spiro atoms. The summed E-state index contributed by atoms with van der Waals surface area (Å²) in [7, 11) is 2.70. The fraction of sp³-hybridized carbons (Fsp3) is 0.333. The van der Waals surface area contributed by atoms with Crippen molar-refractivity contribution in [2.75, 3.05) is 7.11 Å². The van der Waals surface area contributed by atoms with Gasteiger partial charge in [0.1, 0.15) is 0 Å². The second-order valence-corrected chi connectivity index (χ2v) is 2.17. The average molecular weight is 184 g/mol. The summed E-state index contributed by atoms with van der Waals surface area (Å²) in [5.41, 5.74) is -0.430. The number of carbonyl (C=O) groups excluding carboxylic acids is 1. The van der Waals surface area contributed by atoms with Crippen molar-refractivity contribution in [1.82, 2.24) is 19.8 Å². The van der Waals surface area contributed by atoms with Crippen molar-refractivity contribution < 1.29 is 9.53 Å². The van der Waals surface area contributed by atoms with E-state index in [0.29, 0.717) is 0 Å². The number of nitrogens with zero attached hydrogens (tertiary/aromatic N) is 4. The van der Waals surface area contributed by atoms with Crippen LogP contribution in [0.1, 0.15) is 0 Å². The molecule has 0 aliphatic carbocycles. The Morgan fingerprint density at radius 2 is 2.23 bits per heavy atom. The maximum Gasteiger partial charge on any atom is 0.367 e. The van der Waals surface area contributed by atoms with Crippen LogP contribution in [0.4, 0.5) is 0 Å². The molecule has 0 aliphatic heterocycles. The van der Waals surface area contributed by atoms with Crippen LogP contribution in [0, 0.1) is 0 Å². The van der Waals surface area contributed by atoms with Gasteiger partial charge in [0, 0.05) is 19.3 Å². The van der Waals surface area contributed by atoms with Gasteiger partial charge in [0.2, 0.25) is 0 Å². The van der Waals surface area contributed by atoms with Crippen LogP contribution in [0.5, 0.6) is 0 Å². The molecule has 0 bridgehead atoms. The zero-order valence-corrected chi connectivity index (χ0v) is 7.17. The van der Waals surface area contributed by atoms with Gasteiger partial charge in [0.05, 0.1) is 7.11 Å². The SMILES string of the molecule is COC(=O)/C=C/n1nnn(C)c1=O. The van der Waals surface area contributed by atoms with Crippen molar-refractivity contribution in [2.45, 2.75) is 0 Å². The highest BCUT2D eigenvalue weighted by atomic mass is 16.5. The average Bonchev–Trinajstić information content (AvgIpc) is 2.44. The summed E-state index contributed by atoms with van der Waals surface area (Å²) < 4.78 is 6.29. The van der Waals surface area contributed by atoms with Crippen LogP contribution < -0.4 is 5.69 Å². The van der Waals surface area contributed by atoms with E-state index < -0.39 is 11.7 Å². The minimum atomic E-state index is -0.558. The van der Waals surface area contributed by atoms with E-state index in [1.165, 1.54) is 20.4 Å². The molecule has 7 nitrogen and oxygen atoms in total. The van der Waals surface area contributed by atoms with Gasteiger partial charge in [0.25, 0.3) is 0 Å². The highest BCUT2D eigenvalue weighted by Crippen LogP contribution is 1.79. The molecule has 0 saturated heterocycles. The predicted octanol–water partition coefficient (Wildman–Crippen LogP) is -1.38. The monoisotopic (exact) mass is 184 g/mol. The minimum absolute atomic E-state index is 0.430. The van der Waals surface area contributed by atoms with E-state index in [9.17, 15) is 9.59 Å². The molecule has 0 amide bonds. The van der Waals surface area contributed by atoms with Gasteiger partial charge in [-0.2, -0.15) is 9.36 Å². The highest BCUT2D eigenvalue weighted by Gasteiger charge is 1.99. The molecule has 1 rings (SSSR count). The molecule has 1 heterocycles. The van der Waals surface area contributed by atoms with Crippen LogP contribution >= 0.6 is 0 Å². The van der Waals surface area contributed by atoms with Crippen molar-refractivity contribution in [1.29, 1.82) is 0 Å². The molecular weight excluding hydrogens is 176 g/mol. The molecule has 0 atom stereocenters. The number of tetrazole rings is 1. The first kappa shape index (κ1) is 9.17. The van der Waals surface area contributed by atoms with Gasteiger partial charge in [0.15, 0.2) is 0 Å². The van der Waals surface area contributed by atoms with Gasteiger partial charge in [-0.3, -0.25) is 0 Å². The molecule has 0 saturated carbocycles. The second-order valence-electron chi connectivity index (χ2n) is 2.17. The number of carbonyl (C=O) groups is 1. The summed E-state index contributed by atoms with van der Waals surface area (Å²) in [4.78, 5) is 21.7. The van der Waals surface area contributed by atoms with Crippen LogP contribution in [-0.4, -0.2) is 32.9 Å². The Morgan fingerprint density at radius 1 is 1.54 bits per heavy atom. The fourth-order valence-electron chi connectivity index (χ4n) is 0.621. The maximum atomic E-state index is 11.1. The first-order valence-corrected chi connectivity index (χ1v) is 3.40. The van der Waals surface area contributed by atoms with Crippen LogP contribution in [0.25, 0.3) is 6.20 Å². The van der Waals surface area contributed by atoms with Gasteiger partial charge in [-0.1, -0.05) is 0 Å². The van der Waals surface area contributed by atoms with Gasteiger partial charge in [-0.15, -0.1) is 0 Å². The summed E-state index contributed by atoms with van der Waals surface area (Å²) in [5.74, 6) is -0.558. The van der Waals surface area contributed by atoms with Gasteiger partial charge >= 0.3 is 11.7 Å². The lowest BCUT2D eigenvalue weighted by atomic mass is 10.6. The molecule has 0 unspecified atom stereocenters. The Kier molecular flexibility index (Phi) is 2.58. The standard InChI is InChI=1S/C6H8N4O3/c1-9-6(12)10(8-7-9)4-3-5(11)13-2/h3-4H,1-2H3/b4-3+. The van der Waals surface area contributed by atoms with E-state index >= 15 is 0 Å². The molecule has 7 heteroatoms. The molecule has 0 aliphatic rings. The van der Waals surface area contributed by atoms with Crippen LogP contribution in [-0.2, 0) is 16.6 Å². The van der Waals surface area contributed by atoms with Crippen molar-refractivity contribution in [3.8, 4) is 0 Å². The number of hydrogen-bond acceptors (Lipinski definition) is 5. The zero-order chi connectivity index (χ0) is 9.84. The van der Waals surface area contributed by atoms with Crippen molar-refractivity contribution in [3.05, 3.63) is 16.6 Å². The molecule has 70 valence electrons. The second kappa shape index (κ2) is 3.65. The van der Waals surface area contributed by atoms with E-state index in [-0.39, 0.29) is 0 Å². The molecule has 1 aromatic rings. The lowest BCUT2D eigenvalue weighted by Crippen LogP contribution is -2.19.